The van der Waals surface area contributed by atoms with E-state index in [1.54, 1.807) is 12.1 Å². The molecule has 2 aromatic carbocycles. The van der Waals surface area contributed by atoms with Crippen LogP contribution in [0.5, 0.6) is 5.75 Å². The molecule has 4 heteroatoms. The van der Waals surface area contributed by atoms with Crippen molar-refractivity contribution in [1.82, 2.24) is 0 Å². The molecular formula is C17H21FN2O. The number of hydrogen-bond donors (Lipinski definition) is 2. The molecule has 0 aliphatic rings. The van der Waals surface area contributed by atoms with Crippen molar-refractivity contribution in [1.29, 1.82) is 0 Å². The van der Waals surface area contributed by atoms with Gasteiger partial charge in [0.15, 0.2) is 0 Å². The van der Waals surface area contributed by atoms with E-state index in [0.29, 0.717) is 18.0 Å². The number of nitrogens with two attached hydrogens (primary N) is 1. The van der Waals surface area contributed by atoms with Crippen LogP contribution in [0.3, 0.4) is 0 Å². The van der Waals surface area contributed by atoms with Gasteiger partial charge in [-0.2, -0.15) is 0 Å². The number of rotatable bonds is 7. The van der Waals surface area contributed by atoms with E-state index in [1.807, 2.05) is 18.2 Å². The van der Waals surface area contributed by atoms with E-state index in [1.165, 1.54) is 12.1 Å². The summed E-state index contributed by atoms with van der Waals surface area (Å²) >= 11 is 0. The van der Waals surface area contributed by atoms with Crippen molar-refractivity contribution in [3.8, 4) is 5.75 Å². The third-order valence-corrected chi connectivity index (χ3v) is 3.17. The number of nitrogens with one attached hydrogen (secondary N) is 1. The molecule has 3 N–H and O–H groups in total. The van der Waals surface area contributed by atoms with Crippen LogP contribution in [-0.4, -0.2) is 13.2 Å². The largest absolute Gasteiger partial charge is 0.491 e. The van der Waals surface area contributed by atoms with E-state index in [9.17, 15) is 4.39 Å². The summed E-state index contributed by atoms with van der Waals surface area (Å²) in [6, 6.07) is 12.3. The third kappa shape index (κ3) is 4.38. The quantitative estimate of drug-likeness (QED) is 0.761. The van der Waals surface area contributed by atoms with Gasteiger partial charge in [-0.15, -0.1) is 0 Å². The first-order chi connectivity index (χ1) is 10.2. The number of hydrogen-bond acceptors (Lipinski definition) is 3. The molecule has 2 aromatic rings. The summed E-state index contributed by atoms with van der Waals surface area (Å²) in [4.78, 5) is 0. The maximum atomic E-state index is 12.8. The fourth-order valence-corrected chi connectivity index (χ4v) is 2.03. The van der Waals surface area contributed by atoms with Crippen molar-refractivity contribution < 1.29 is 9.13 Å². The van der Waals surface area contributed by atoms with Gasteiger partial charge >= 0.3 is 0 Å². The van der Waals surface area contributed by atoms with Crippen LogP contribution in [0.1, 0.15) is 18.9 Å². The monoisotopic (exact) mass is 288 g/mol. The average Bonchev–Trinajstić information content (AvgIpc) is 2.50. The lowest BCUT2D eigenvalue weighted by Gasteiger charge is -2.13. The zero-order valence-corrected chi connectivity index (χ0v) is 12.2. The van der Waals surface area contributed by atoms with Gasteiger partial charge in [0.1, 0.15) is 11.6 Å². The molecule has 0 bridgehead atoms. The maximum absolute atomic E-state index is 12.8. The Morgan fingerprint density at radius 3 is 2.62 bits per heavy atom. The predicted octanol–water partition coefficient (Wildman–Crippen LogP) is 3.85. The van der Waals surface area contributed by atoms with E-state index in [4.69, 9.17) is 10.5 Å². The van der Waals surface area contributed by atoms with Gasteiger partial charge in [0.05, 0.1) is 18.0 Å². The highest BCUT2D eigenvalue weighted by atomic mass is 19.1. The van der Waals surface area contributed by atoms with E-state index in [-0.39, 0.29) is 5.82 Å². The molecule has 0 heterocycles. The van der Waals surface area contributed by atoms with Crippen LogP contribution < -0.4 is 15.8 Å². The van der Waals surface area contributed by atoms with Crippen LogP contribution in [-0.2, 0) is 6.42 Å². The second kappa shape index (κ2) is 7.53. The van der Waals surface area contributed by atoms with Crippen LogP contribution in [0.15, 0.2) is 42.5 Å². The number of nitrogen functional groups attached to an aromatic ring is 1. The summed E-state index contributed by atoms with van der Waals surface area (Å²) in [5.74, 6) is 0.500. The van der Waals surface area contributed by atoms with Crippen molar-refractivity contribution in [3.63, 3.8) is 0 Å². The number of ether oxygens (including phenoxy) is 1. The summed E-state index contributed by atoms with van der Waals surface area (Å²) < 4.78 is 18.4. The van der Waals surface area contributed by atoms with Gasteiger partial charge in [0, 0.05) is 6.54 Å². The zero-order chi connectivity index (χ0) is 15.1. The maximum Gasteiger partial charge on any atom is 0.144 e. The Kier molecular flexibility index (Phi) is 5.43. The lowest BCUT2D eigenvalue weighted by atomic mass is 10.1. The van der Waals surface area contributed by atoms with Crippen LogP contribution in [0.25, 0.3) is 0 Å². The summed E-state index contributed by atoms with van der Waals surface area (Å²) in [6.45, 7) is 3.44. The molecule has 21 heavy (non-hydrogen) atoms. The Morgan fingerprint density at radius 1 is 1.14 bits per heavy atom. The van der Waals surface area contributed by atoms with E-state index in [0.717, 1.165) is 30.6 Å². The van der Waals surface area contributed by atoms with Gasteiger partial charge in [-0.25, -0.2) is 4.39 Å². The molecule has 0 atom stereocenters. The molecule has 0 saturated heterocycles. The summed E-state index contributed by atoms with van der Waals surface area (Å²) in [7, 11) is 0. The van der Waals surface area contributed by atoms with E-state index in [2.05, 4.69) is 12.2 Å². The van der Waals surface area contributed by atoms with Crippen molar-refractivity contribution in [3.05, 3.63) is 53.8 Å². The van der Waals surface area contributed by atoms with Crippen LogP contribution in [0.2, 0.25) is 0 Å². The SMILES string of the molecule is CCCOc1cccc(NCCc2ccc(F)cc2)c1N. The molecule has 0 aliphatic carbocycles. The predicted molar refractivity (Wildman–Crippen MR) is 85.2 cm³/mol. The molecule has 0 unspecified atom stereocenters. The van der Waals surface area contributed by atoms with E-state index < -0.39 is 0 Å². The van der Waals surface area contributed by atoms with E-state index >= 15 is 0 Å². The minimum atomic E-state index is -0.211. The highest BCUT2D eigenvalue weighted by Crippen LogP contribution is 2.29. The normalized spacial score (nSPS) is 10.4. The van der Waals surface area contributed by atoms with Gasteiger partial charge < -0.3 is 15.8 Å². The summed E-state index contributed by atoms with van der Waals surface area (Å²) in [5.41, 5.74) is 8.67. The molecule has 2 rings (SSSR count). The smallest absolute Gasteiger partial charge is 0.144 e. The molecule has 0 spiro atoms. The molecule has 112 valence electrons. The molecular weight excluding hydrogens is 267 g/mol. The Balaban J connectivity index is 1.92. The minimum Gasteiger partial charge on any atom is -0.491 e. The highest BCUT2D eigenvalue weighted by molar-refractivity contribution is 5.72. The Bertz CT molecular complexity index is 570. The molecule has 0 amide bonds. The second-order valence-electron chi connectivity index (χ2n) is 4.87. The molecule has 0 fully saturated rings. The molecule has 0 radical (unpaired) electrons. The van der Waals surface area contributed by atoms with Crippen molar-refractivity contribution in [2.45, 2.75) is 19.8 Å². The standard InChI is InChI=1S/C17H21FN2O/c1-2-12-21-16-5-3-4-15(17(16)19)20-11-10-13-6-8-14(18)9-7-13/h3-9,20H,2,10-12,19H2,1H3. The van der Waals surface area contributed by atoms with Gasteiger partial charge in [-0.3, -0.25) is 0 Å². The first-order valence-electron chi connectivity index (χ1n) is 7.20. The molecule has 3 nitrogen and oxygen atoms in total. The molecule has 0 saturated carbocycles. The first kappa shape index (κ1) is 15.2. The van der Waals surface area contributed by atoms with Crippen molar-refractivity contribution in [2.75, 3.05) is 24.2 Å². The van der Waals surface area contributed by atoms with Crippen molar-refractivity contribution >= 4 is 11.4 Å². The summed E-state index contributed by atoms with van der Waals surface area (Å²) in [5, 5.41) is 3.29. The topological polar surface area (TPSA) is 47.3 Å². The number of halogens is 1. The van der Waals surface area contributed by atoms with Crippen LogP contribution >= 0.6 is 0 Å². The Labute approximate surface area is 124 Å². The average molecular weight is 288 g/mol. The number of anilines is 2. The fourth-order valence-electron chi connectivity index (χ4n) is 2.03. The van der Waals surface area contributed by atoms with Gasteiger partial charge in [-0.05, 0) is 42.7 Å². The molecule has 0 aliphatic heterocycles. The lowest BCUT2D eigenvalue weighted by Crippen LogP contribution is -2.08. The van der Waals surface area contributed by atoms with Gasteiger partial charge in [0.25, 0.3) is 0 Å². The highest BCUT2D eigenvalue weighted by Gasteiger charge is 2.05. The fraction of sp³-hybridized carbons (Fsp3) is 0.294. The zero-order valence-electron chi connectivity index (χ0n) is 12.2. The third-order valence-electron chi connectivity index (χ3n) is 3.17. The summed E-state index contributed by atoms with van der Waals surface area (Å²) in [6.07, 6.45) is 1.75. The van der Waals surface area contributed by atoms with Crippen LogP contribution in [0.4, 0.5) is 15.8 Å². The Morgan fingerprint density at radius 2 is 1.90 bits per heavy atom. The van der Waals surface area contributed by atoms with Gasteiger partial charge in [-0.1, -0.05) is 25.1 Å². The number of benzene rings is 2. The van der Waals surface area contributed by atoms with Crippen LogP contribution in [0, 0.1) is 5.82 Å². The lowest BCUT2D eigenvalue weighted by molar-refractivity contribution is 0.319. The molecule has 0 aromatic heterocycles. The number of para-hydroxylation sites is 1. The van der Waals surface area contributed by atoms with Crippen molar-refractivity contribution in [2.24, 2.45) is 0 Å². The minimum absolute atomic E-state index is 0.211. The second-order valence-corrected chi connectivity index (χ2v) is 4.87. The first-order valence-corrected chi connectivity index (χ1v) is 7.20. The Hall–Kier alpha value is -2.23. The van der Waals surface area contributed by atoms with Gasteiger partial charge in [0.2, 0.25) is 0 Å².